The van der Waals surface area contributed by atoms with Crippen molar-refractivity contribution < 1.29 is 14.0 Å². The number of hydrogen-bond acceptors (Lipinski definition) is 3. The van der Waals surface area contributed by atoms with Crippen molar-refractivity contribution in [3.05, 3.63) is 47.4 Å². The summed E-state index contributed by atoms with van der Waals surface area (Å²) in [7, 11) is 1.59. The number of aryl methyl sites for hydroxylation is 1. The fourth-order valence-corrected chi connectivity index (χ4v) is 4.34. The summed E-state index contributed by atoms with van der Waals surface area (Å²) in [6.07, 6.45) is 11.3. The first-order chi connectivity index (χ1) is 13.3. The highest BCUT2D eigenvalue weighted by Crippen LogP contribution is 2.42. The molecule has 0 bridgehead atoms. The van der Waals surface area contributed by atoms with Gasteiger partial charge >= 0.3 is 7.12 Å². The van der Waals surface area contributed by atoms with E-state index < -0.39 is 0 Å². The van der Waals surface area contributed by atoms with Crippen LogP contribution < -0.4 is 0 Å². The SMILES string of the molecule is COC1(C/C(=C/CCc2ccccc2)B2OC(C)(C)C(C)(C)O2)CCCCC1. The van der Waals surface area contributed by atoms with Gasteiger partial charge in [0.15, 0.2) is 0 Å². The topological polar surface area (TPSA) is 27.7 Å². The molecule has 1 saturated carbocycles. The average Bonchev–Trinajstić information content (AvgIpc) is 2.90. The van der Waals surface area contributed by atoms with Crippen molar-refractivity contribution in [2.45, 2.75) is 95.9 Å². The van der Waals surface area contributed by atoms with Crippen LogP contribution in [0.2, 0.25) is 0 Å². The van der Waals surface area contributed by atoms with Gasteiger partial charge in [0.25, 0.3) is 0 Å². The molecule has 2 aliphatic rings. The molecule has 0 atom stereocenters. The first-order valence-corrected chi connectivity index (χ1v) is 10.9. The predicted molar refractivity (Wildman–Crippen MR) is 116 cm³/mol. The molecule has 1 heterocycles. The number of hydrogen-bond donors (Lipinski definition) is 0. The normalized spacial score (nSPS) is 23.8. The van der Waals surface area contributed by atoms with Crippen molar-refractivity contribution in [2.75, 3.05) is 7.11 Å². The molecule has 1 aromatic rings. The Morgan fingerprint density at radius 3 is 2.18 bits per heavy atom. The first kappa shape index (κ1) is 21.6. The first-order valence-electron chi connectivity index (χ1n) is 10.9. The van der Waals surface area contributed by atoms with Crippen LogP contribution in [0, 0.1) is 0 Å². The van der Waals surface area contributed by atoms with Gasteiger partial charge < -0.3 is 14.0 Å². The standard InChI is InChI=1S/C24H37BO3/c1-22(2)23(3,4)28-25(27-22)21(16-12-15-20-13-8-6-9-14-20)19-24(26-5)17-10-7-11-18-24/h6,8-9,13-14,16H,7,10-12,15,17-19H2,1-5H3/b21-16-. The smallest absolute Gasteiger partial charge is 0.400 e. The van der Waals surface area contributed by atoms with Crippen molar-refractivity contribution in [1.29, 1.82) is 0 Å². The lowest BCUT2D eigenvalue weighted by Crippen LogP contribution is -2.41. The maximum Gasteiger partial charge on any atom is 0.490 e. The summed E-state index contributed by atoms with van der Waals surface area (Å²) in [5, 5.41) is 0. The van der Waals surface area contributed by atoms with E-state index in [0.29, 0.717) is 0 Å². The van der Waals surface area contributed by atoms with E-state index in [4.69, 9.17) is 14.0 Å². The van der Waals surface area contributed by atoms with Gasteiger partial charge in [-0.1, -0.05) is 55.7 Å². The summed E-state index contributed by atoms with van der Waals surface area (Å²) >= 11 is 0. The second-order valence-electron chi connectivity index (χ2n) is 9.52. The molecule has 0 radical (unpaired) electrons. The highest BCUT2D eigenvalue weighted by atomic mass is 16.7. The maximum absolute atomic E-state index is 6.41. The molecule has 0 N–H and O–H groups in total. The highest BCUT2D eigenvalue weighted by Gasteiger charge is 2.53. The molecule has 0 unspecified atom stereocenters. The van der Waals surface area contributed by atoms with Crippen LogP contribution in [-0.2, 0) is 20.5 Å². The molecule has 1 saturated heterocycles. The molecule has 28 heavy (non-hydrogen) atoms. The van der Waals surface area contributed by atoms with Crippen LogP contribution in [0.15, 0.2) is 41.9 Å². The molecule has 154 valence electrons. The fourth-order valence-electron chi connectivity index (χ4n) is 4.34. The van der Waals surface area contributed by atoms with Gasteiger partial charge in [0.05, 0.1) is 16.8 Å². The predicted octanol–water partition coefficient (Wildman–Crippen LogP) is 5.92. The van der Waals surface area contributed by atoms with Gasteiger partial charge in [-0.2, -0.15) is 0 Å². The van der Waals surface area contributed by atoms with E-state index in [9.17, 15) is 0 Å². The van der Waals surface area contributed by atoms with Gasteiger partial charge in [0, 0.05) is 7.11 Å². The van der Waals surface area contributed by atoms with Crippen LogP contribution in [0.5, 0.6) is 0 Å². The Kier molecular flexibility index (Phi) is 6.74. The minimum atomic E-state index is -0.316. The second kappa shape index (κ2) is 8.73. The van der Waals surface area contributed by atoms with Gasteiger partial charge in [-0.05, 0) is 70.8 Å². The number of rotatable bonds is 7. The Morgan fingerprint density at radius 1 is 1.00 bits per heavy atom. The third-order valence-electron chi connectivity index (χ3n) is 6.96. The second-order valence-corrected chi connectivity index (χ2v) is 9.52. The molecule has 1 aliphatic carbocycles. The quantitative estimate of drug-likeness (QED) is 0.547. The van der Waals surface area contributed by atoms with E-state index in [1.54, 1.807) is 0 Å². The summed E-state index contributed by atoms with van der Waals surface area (Å²) in [4.78, 5) is 0. The van der Waals surface area contributed by atoms with Crippen LogP contribution in [0.1, 0.15) is 78.2 Å². The van der Waals surface area contributed by atoms with E-state index in [2.05, 4.69) is 64.1 Å². The molecule has 0 spiro atoms. The lowest BCUT2D eigenvalue weighted by molar-refractivity contribution is -0.0380. The van der Waals surface area contributed by atoms with E-state index in [1.165, 1.54) is 30.3 Å². The number of benzene rings is 1. The van der Waals surface area contributed by atoms with Crippen molar-refractivity contribution in [3.8, 4) is 0 Å². The van der Waals surface area contributed by atoms with Gasteiger partial charge in [-0.3, -0.25) is 0 Å². The molecule has 2 fully saturated rings. The molecule has 4 heteroatoms. The molecular formula is C24H37BO3. The van der Waals surface area contributed by atoms with Crippen LogP contribution in [0.4, 0.5) is 0 Å². The average molecular weight is 384 g/mol. The van der Waals surface area contributed by atoms with Crippen molar-refractivity contribution >= 4 is 7.12 Å². The Hall–Kier alpha value is -1.10. The van der Waals surface area contributed by atoms with Crippen molar-refractivity contribution in [3.63, 3.8) is 0 Å². The monoisotopic (exact) mass is 384 g/mol. The van der Waals surface area contributed by atoms with Gasteiger partial charge in [-0.15, -0.1) is 0 Å². The number of ether oxygens (including phenoxy) is 1. The largest absolute Gasteiger partial charge is 0.490 e. The molecular weight excluding hydrogens is 347 g/mol. The van der Waals surface area contributed by atoms with Crippen molar-refractivity contribution in [2.24, 2.45) is 0 Å². The van der Waals surface area contributed by atoms with Crippen LogP contribution in [0.3, 0.4) is 0 Å². The number of methoxy groups -OCH3 is 1. The Balaban J connectivity index is 1.78. The molecule has 3 nitrogen and oxygen atoms in total. The van der Waals surface area contributed by atoms with Crippen LogP contribution in [0.25, 0.3) is 0 Å². The Bertz CT molecular complexity index is 644. The lowest BCUT2D eigenvalue weighted by atomic mass is 9.68. The van der Waals surface area contributed by atoms with Crippen LogP contribution in [-0.4, -0.2) is 31.0 Å². The van der Waals surface area contributed by atoms with Gasteiger partial charge in [0.2, 0.25) is 0 Å². The van der Waals surface area contributed by atoms with E-state index in [0.717, 1.165) is 32.1 Å². The summed E-state index contributed by atoms with van der Waals surface area (Å²) in [5.41, 5.74) is 1.91. The minimum absolute atomic E-state index is 0.0690. The third kappa shape index (κ3) is 4.90. The molecule has 1 aromatic carbocycles. The maximum atomic E-state index is 6.41. The van der Waals surface area contributed by atoms with E-state index in [1.807, 2.05) is 7.11 Å². The molecule has 3 rings (SSSR count). The fraction of sp³-hybridized carbons (Fsp3) is 0.667. The van der Waals surface area contributed by atoms with Crippen LogP contribution >= 0.6 is 0 Å². The summed E-state index contributed by atoms with van der Waals surface area (Å²) < 4.78 is 18.9. The molecule has 1 aliphatic heterocycles. The zero-order chi connectivity index (χ0) is 20.3. The minimum Gasteiger partial charge on any atom is -0.400 e. The summed E-state index contributed by atoms with van der Waals surface area (Å²) in [6, 6.07) is 10.7. The zero-order valence-corrected chi connectivity index (χ0v) is 18.4. The van der Waals surface area contributed by atoms with Gasteiger partial charge in [0.1, 0.15) is 0 Å². The Labute approximate surface area is 172 Å². The number of allylic oxidation sites excluding steroid dienone is 1. The summed E-state index contributed by atoms with van der Waals surface area (Å²) in [5.74, 6) is 0. The zero-order valence-electron chi connectivity index (χ0n) is 18.4. The van der Waals surface area contributed by atoms with Gasteiger partial charge in [-0.25, -0.2) is 0 Å². The highest BCUT2D eigenvalue weighted by molar-refractivity contribution is 6.54. The van der Waals surface area contributed by atoms with E-state index >= 15 is 0 Å². The van der Waals surface area contributed by atoms with E-state index in [-0.39, 0.29) is 23.9 Å². The third-order valence-corrected chi connectivity index (χ3v) is 6.96. The van der Waals surface area contributed by atoms with Crippen molar-refractivity contribution in [1.82, 2.24) is 0 Å². The summed E-state index contributed by atoms with van der Waals surface area (Å²) in [6.45, 7) is 8.51. The lowest BCUT2D eigenvalue weighted by Gasteiger charge is -2.37. The molecule has 0 amide bonds. The molecule has 0 aromatic heterocycles. The Morgan fingerprint density at radius 2 is 1.61 bits per heavy atom.